The van der Waals surface area contributed by atoms with Crippen molar-refractivity contribution >= 4 is 21.6 Å². The second-order valence-corrected chi connectivity index (χ2v) is 5.30. The van der Waals surface area contributed by atoms with Crippen molar-refractivity contribution in [2.75, 3.05) is 0 Å². The van der Waals surface area contributed by atoms with Gasteiger partial charge in [0.25, 0.3) is 0 Å². The van der Waals surface area contributed by atoms with Crippen molar-refractivity contribution in [1.82, 2.24) is 9.71 Å². The molecule has 1 rings (SSSR count). The maximum Gasteiger partial charge on any atom is 0.241 e. The van der Waals surface area contributed by atoms with Crippen molar-refractivity contribution in [3.05, 3.63) is 23.5 Å². The lowest BCUT2D eigenvalue weighted by atomic mass is 10.3. The summed E-state index contributed by atoms with van der Waals surface area (Å²) in [5, 5.41) is 8.54. The molecule has 0 aliphatic rings. The molecule has 0 aliphatic heterocycles. The monoisotopic (exact) mass is 259 g/mol. The van der Waals surface area contributed by atoms with Crippen LogP contribution in [0.1, 0.15) is 13.3 Å². The number of nitrogens with one attached hydrogen (secondary N) is 1. The molecule has 86 valence electrons. The van der Waals surface area contributed by atoms with Gasteiger partial charge in [0.1, 0.15) is 5.15 Å². The number of pyridine rings is 1. The SMILES string of the molecule is CC(CC#N)NS(=O)(=O)c1ccnc(Cl)c1. The fraction of sp³-hybridized carbons (Fsp3) is 0.333. The van der Waals surface area contributed by atoms with Crippen molar-refractivity contribution in [1.29, 1.82) is 5.26 Å². The summed E-state index contributed by atoms with van der Waals surface area (Å²) >= 11 is 5.59. The van der Waals surface area contributed by atoms with Gasteiger partial charge in [-0.3, -0.25) is 0 Å². The van der Waals surface area contributed by atoms with E-state index in [0.29, 0.717) is 0 Å². The molecule has 0 aromatic carbocycles. The average Bonchev–Trinajstić information content (AvgIpc) is 2.17. The molecule has 1 aromatic heterocycles. The van der Waals surface area contributed by atoms with Gasteiger partial charge in [-0.1, -0.05) is 11.6 Å². The van der Waals surface area contributed by atoms with E-state index in [1.807, 2.05) is 6.07 Å². The smallest absolute Gasteiger partial charge is 0.241 e. The Morgan fingerprint density at radius 3 is 2.94 bits per heavy atom. The second kappa shape index (κ2) is 5.25. The first-order valence-electron chi connectivity index (χ1n) is 4.46. The summed E-state index contributed by atoms with van der Waals surface area (Å²) in [6.45, 7) is 1.61. The molecule has 1 N–H and O–H groups in total. The quantitative estimate of drug-likeness (QED) is 0.827. The molecule has 0 saturated carbocycles. The van der Waals surface area contributed by atoms with Gasteiger partial charge in [-0.2, -0.15) is 5.26 Å². The molecule has 7 heteroatoms. The molecule has 0 amide bonds. The molecule has 0 bridgehead atoms. The number of nitriles is 1. The zero-order valence-corrected chi connectivity index (χ0v) is 10.1. The first kappa shape index (κ1) is 12.9. The third-order valence-corrected chi connectivity index (χ3v) is 3.56. The van der Waals surface area contributed by atoms with Gasteiger partial charge >= 0.3 is 0 Å². The minimum absolute atomic E-state index is 0.0392. The topological polar surface area (TPSA) is 82.9 Å². The van der Waals surface area contributed by atoms with E-state index in [2.05, 4.69) is 9.71 Å². The minimum atomic E-state index is -3.63. The molecule has 0 saturated heterocycles. The van der Waals surface area contributed by atoms with Gasteiger partial charge in [0.2, 0.25) is 10.0 Å². The number of sulfonamides is 1. The van der Waals surface area contributed by atoms with Crippen LogP contribution < -0.4 is 4.72 Å². The maximum absolute atomic E-state index is 11.8. The molecule has 0 spiro atoms. The van der Waals surface area contributed by atoms with Crippen LogP contribution in [0.2, 0.25) is 5.15 Å². The van der Waals surface area contributed by atoms with Crippen LogP contribution in [0.5, 0.6) is 0 Å². The Kier molecular flexibility index (Phi) is 4.24. The molecule has 1 heterocycles. The lowest BCUT2D eigenvalue weighted by Crippen LogP contribution is -2.32. The lowest BCUT2D eigenvalue weighted by molar-refractivity contribution is 0.563. The van der Waals surface area contributed by atoms with Crippen LogP contribution in [0, 0.1) is 11.3 Å². The number of rotatable bonds is 4. The van der Waals surface area contributed by atoms with Crippen LogP contribution in [0.25, 0.3) is 0 Å². The van der Waals surface area contributed by atoms with Crippen molar-refractivity contribution in [3.8, 4) is 6.07 Å². The molecule has 1 aromatic rings. The van der Waals surface area contributed by atoms with E-state index >= 15 is 0 Å². The third-order valence-electron chi connectivity index (χ3n) is 1.76. The predicted molar refractivity (Wildman–Crippen MR) is 59.3 cm³/mol. The van der Waals surface area contributed by atoms with Crippen LogP contribution in [0.15, 0.2) is 23.2 Å². The second-order valence-electron chi connectivity index (χ2n) is 3.20. The number of halogens is 1. The van der Waals surface area contributed by atoms with E-state index < -0.39 is 16.1 Å². The van der Waals surface area contributed by atoms with E-state index in [1.54, 1.807) is 6.92 Å². The van der Waals surface area contributed by atoms with Gasteiger partial charge in [-0.05, 0) is 19.1 Å². The predicted octanol–water partition coefficient (Wildman–Crippen LogP) is 1.32. The highest BCUT2D eigenvalue weighted by molar-refractivity contribution is 7.89. The highest BCUT2D eigenvalue weighted by Crippen LogP contribution is 2.13. The molecule has 1 unspecified atom stereocenters. The molecule has 0 fully saturated rings. The maximum atomic E-state index is 11.8. The summed E-state index contributed by atoms with van der Waals surface area (Å²) in [6, 6.07) is 4.04. The van der Waals surface area contributed by atoms with Gasteiger partial charge < -0.3 is 0 Å². The van der Waals surface area contributed by atoms with Gasteiger partial charge in [0.15, 0.2) is 0 Å². The molecule has 5 nitrogen and oxygen atoms in total. The van der Waals surface area contributed by atoms with E-state index in [1.165, 1.54) is 18.3 Å². The number of hydrogen-bond acceptors (Lipinski definition) is 4. The van der Waals surface area contributed by atoms with Crippen molar-refractivity contribution in [3.63, 3.8) is 0 Å². The number of hydrogen-bond donors (Lipinski definition) is 1. The van der Waals surface area contributed by atoms with Gasteiger partial charge in [-0.15, -0.1) is 0 Å². The number of aromatic nitrogens is 1. The molecular weight excluding hydrogens is 250 g/mol. The zero-order chi connectivity index (χ0) is 12.2. The van der Waals surface area contributed by atoms with Crippen LogP contribution in [-0.2, 0) is 10.0 Å². The minimum Gasteiger partial charge on any atom is -0.244 e. The fourth-order valence-corrected chi connectivity index (χ4v) is 2.56. The Labute approximate surface area is 99.1 Å². The fourth-order valence-electron chi connectivity index (χ4n) is 1.06. The summed E-state index contributed by atoms with van der Waals surface area (Å²) in [4.78, 5) is 3.73. The summed E-state index contributed by atoms with van der Waals surface area (Å²) in [5.74, 6) is 0. The summed E-state index contributed by atoms with van der Waals surface area (Å²) in [5.41, 5.74) is 0. The van der Waals surface area contributed by atoms with Gasteiger partial charge in [0.05, 0.1) is 17.4 Å². The van der Waals surface area contributed by atoms with Crippen LogP contribution in [-0.4, -0.2) is 19.4 Å². The van der Waals surface area contributed by atoms with Crippen molar-refractivity contribution in [2.45, 2.75) is 24.3 Å². The molecule has 16 heavy (non-hydrogen) atoms. The largest absolute Gasteiger partial charge is 0.244 e. The number of nitrogens with zero attached hydrogens (tertiary/aromatic N) is 2. The Hall–Kier alpha value is -1.16. The van der Waals surface area contributed by atoms with E-state index in [9.17, 15) is 8.42 Å². The Morgan fingerprint density at radius 1 is 1.69 bits per heavy atom. The summed E-state index contributed by atoms with van der Waals surface area (Å²) in [6.07, 6.45) is 1.42. The van der Waals surface area contributed by atoms with Crippen LogP contribution >= 0.6 is 11.6 Å². The molecule has 0 aliphatic carbocycles. The van der Waals surface area contributed by atoms with Crippen molar-refractivity contribution in [2.24, 2.45) is 0 Å². The first-order valence-corrected chi connectivity index (χ1v) is 6.32. The van der Waals surface area contributed by atoms with Crippen LogP contribution in [0.4, 0.5) is 0 Å². The summed E-state index contributed by atoms with van der Waals surface area (Å²) < 4.78 is 25.9. The molecular formula is C9H10ClN3O2S. The third kappa shape index (κ3) is 3.45. The standard InChI is InChI=1S/C9H10ClN3O2S/c1-7(2-4-11)13-16(14,15)8-3-5-12-9(10)6-8/h3,5-7,13H,2H2,1H3. The highest BCUT2D eigenvalue weighted by Gasteiger charge is 2.17. The van der Waals surface area contributed by atoms with Crippen LogP contribution in [0.3, 0.4) is 0 Å². The van der Waals surface area contributed by atoms with E-state index in [4.69, 9.17) is 16.9 Å². The highest BCUT2D eigenvalue weighted by atomic mass is 35.5. The van der Waals surface area contributed by atoms with E-state index in [-0.39, 0.29) is 16.5 Å². The Balaban J connectivity index is 2.91. The first-order chi connectivity index (χ1) is 7.45. The normalized spacial score (nSPS) is 13.1. The lowest BCUT2D eigenvalue weighted by Gasteiger charge is -2.10. The Morgan fingerprint density at radius 2 is 2.38 bits per heavy atom. The van der Waals surface area contributed by atoms with Gasteiger partial charge in [0, 0.05) is 12.2 Å². The van der Waals surface area contributed by atoms with Crippen molar-refractivity contribution < 1.29 is 8.42 Å². The van der Waals surface area contributed by atoms with E-state index in [0.717, 1.165) is 0 Å². The average molecular weight is 260 g/mol. The zero-order valence-electron chi connectivity index (χ0n) is 8.51. The van der Waals surface area contributed by atoms with Gasteiger partial charge in [-0.25, -0.2) is 18.1 Å². The Bertz CT molecular complexity index is 510. The molecule has 1 atom stereocenters. The summed E-state index contributed by atoms with van der Waals surface area (Å²) in [7, 11) is -3.63. The molecule has 0 radical (unpaired) electrons.